The number of imide groups is 1. The third kappa shape index (κ3) is 5.19. The van der Waals surface area contributed by atoms with Crippen LogP contribution in [0.3, 0.4) is 0 Å². The Kier molecular flexibility index (Phi) is 6.37. The first-order chi connectivity index (χ1) is 11.0. The Labute approximate surface area is 140 Å². The number of rotatable bonds is 8. The van der Waals surface area contributed by atoms with Crippen molar-refractivity contribution in [1.29, 1.82) is 0 Å². The molecule has 1 aromatic carbocycles. The smallest absolute Gasteiger partial charge is 0.229 e. The third-order valence-electron chi connectivity index (χ3n) is 4.86. The van der Waals surface area contributed by atoms with Crippen molar-refractivity contribution in [1.82, 2.24) is 4.90 Å². The number of hydrogen-bond acceptors (Lipinski definition) is 2. The fourth-order valence-corrected chi connectivity index (χ4v) is 3.41. The second kappa shape index (κ2) is 8.28. The van der Waals surface area contributed by atoms with Crippen molar-refractivity contribution in [3.05, 3.63) is 35.9 Å². The monoisotopic (exact) mass is 315 g/mol. The molecule has 3 nitrogen and oxygen atoms in total. The third-order valence-corrected chi connectivity index (χ3v) is 4.86. The summed E-state index contributed by atoms with van der Waals surface area (Å²) in [5.41, 5.74) is 1.03. The molecular weight excluding hydrogens is 286 g/mol. The van der Waals surface area contributed by atoms with Gasteiger partial charge in [-0.1, -0.05) is 69.9 Å². The van der Waals surface area contributed by atoms with Gasteiger partial charge in [-0.25, -0.2) is 0 Å². The highest BCUT2D eigenvalue weighted by Gasteiger charge is 2.39. The van der Waals surface area contributed by atoms with Crippen LogP contribution in [-0.2, 0) is 16.0 Å². The van der Waals surface area contributed by atoms with E-state index < -0.39 is 0 Å². The molecular formula is C20H29NO2. The minimum atomic E-state index is -0.134. The standard InChI is InChI=1S/C20H29NO2/c1-3-4-5-9-13-20(2)15-18(22)21(19(23)16-20)14-12-17-10-7-6-8-11-17/h6-8,10-11H,3-5,9,12-16H2,1-2H3. The molecule has 3 heteroatoms. The first kappa shape index (κ1) is 17.7. The zero-order valence-corrected chi connectivity index (χ0v) is 14.5. The summed E-state index contributed by atoms with van der Waals surface area (Å²) < 4.78 is 0. The largest absolute Gasteiger partial charge is 0.282 e. The van der Waals surface area contributed by atoms with Gasteiger partial charge in [-0.2, -0.15) is 0 Å². The fraction of sp³-hybridized carbons (Fsp3) is 0.600. The van der Waals surface area contributed by atoms with Crippen LogP contribution in [0.5, 0.6) is 0 Å². The quantitative estimate of drug-likeness (QED) is 0.528. The zero-order valence-electron chi connectivity index (χ0n) is 14.5. The molecule has 23 heavy (non-hydrogen) atoms. The van der Waals surface area contributed by atoms with Gasteiger partial charge in [0.15, 0.2) is 0 Å². The molecule has 0 bridgehead atoms. The van der Waals surface area contributed by atoms with E-state index in [4.69, 9.17) is 0 Å². The molecule has 0 atom stereocenters. The topological polar surface area (TPSA) is 37.4 Å². The summed E-state index contributed by atoms with van der Waals surface area (Å²) in [6, 6.07) is 10.0. The average Bonchev–Trinajstić information content (AvgIpc) is 2.52. The molecule has 0 N–H and O–H groups in total. The van der Waals surface area contributed by atoms with E-state index in [1.807, 2.05) is 30.3 Å². The van der Waals surface area contributed by atoms with Crippen molar-refractivity contribution >= 4 is 11.8 Å². The lowest BCUT2D eigenvalue weighted by molar-refractivity contribution is -0.153. The van der Waals surface area contributed by atoms with Gasteiger partial charge in [-0.05, 0) is 23.8 Å². The minimum absolute atomic E-state index is 0.00942. The molecule has 0 saturated carbocycles. The average molecular weight is 315 g/mol. The number of hydrogen-bond donors (Lipinski definition) is 0. The Hall–Kier alpha value is -1.64. The molecule has 2 rings (SSSR count). The Morgan fingerprint density at radius 3 is 2.26 bits per heavy atom. The van der Waals surface area contributed by atoms with Crippen molar-refractivity contribution in [3.8, 4) is 0 Å². The van der Waals surface area contributed by atoms with Gasteiger partial charge in [0.25, 0.3) is 0 Å². The first-order valence-electron chi connectivity index (χ1n) is 8.91. The summed E-state index contributed by atoms with van der Waals surface area (Å²) >= 11 is 0. The second-order valence-corrected chi connectivity index (χ2v) is 7.15. The van der Waals surface area contributed by atoms with E-state index in [-0.39, 0.29) is 17.2 Å². The van der Waals surface area contributed by atoms with Crippen LogP contribution in [0.2, 0.25) is 0 Å². The van der Waals surface area contributed by atoms with Gasteiger partial charge < -0.3 is 0 Å². The van der Waals surface area contributed by atoms with E-state index in [0.717, 1.165) is 19.3 Å². The molecule has 0 aliphatic carbocycles. The van der Waals surface area contributed by atoms with E-state index in [9.17, 15) is 9.59 Å². The maximum atomic E-state index is 12.4. The van der Waals surface area contributed by atoms with E-state index in [2.05, 4.69) is 13.8 Å². The number of carbonyl (C=O) groups is 2. The summed E-state index contributed by atoms with van der Waals surface area (Å²) in [5, 5.41) is 0. The van der Waals surface area contributed by atoms with Crippen LogP contribution in [0, 0.1) is 5.41 Å². The summed E-state index contributed by atoms with van der Waals surface area (Å²) in [4.78, 5) is 26.3. The van der Waals surface area contributed by atoms with Gasteiger partial charge in [-0.15, -0.1) is 0 Å². The Balaban J connectivity index is 1.86. The summed E-state index contributed by atoms with van der Waals surface area (Å²) in [5.74, 6) is 0.0188. The van der Waals surface area contributed by atoms with Crippen LogP contribution < -0.4 is 0 Å². The van der Waals surface area contributed by atoms with Crippen molar-refractivity contribution in [2.24, 2.45) is 5.41 Å². The summed E-state index contributed by atoms with van der Waals surface area (Å²) in [7, 11) is 0. The predicted molar refractivity (Wildman–Crippen MR) is 93.0 cm³/mol. The highest BCUT2D eigenvalue weighted by molar-refractivity contribution is 5.98. The van der Waals surface area contributed by atoms with Gasteiger partial charge >= 0.3 is 0 Å². The number of likely N-dealkylation sites (tertiary alicyclic amines) is 1. The SMILES string of the molecule is CCCCCCC1(C)CC(=O)N(CCc2ccccc2)C(=O)C1. The first-order valence-corrected chi connectivity index (χ1v) is 8.91. The van der Waals surface area contributed by atoms with Crippen LogP contribution in [0.1, 0.15) is 64.4 Å². The van der Waals surface area contributed by atoms with Crippen LogP contribution in [0.25, 0.3) is 0 Å². The second-order valence-electron chi connectivity index (χ2n) is 7.15. The molecule has 1 saturated heterocycles. The van der Waals surface area contributed by atoms with E-state index in [0.29, 0.717) is 19.4 Å². The van der Waals surface area contributed by atoms with Crippen molar-refractivity contribution in [2.75, 3.05) is 6.54 Å². The highest BCUT2D eigenvalue weighted by Crippen LogP contribution is 2.37. The molecule has 1 aliphatic rings. The Bertz CT molecular complexity index is 506. The lowest BCUT2D eigenvalue weighted by Crippen LogP contribution is -2.47. The van der Waals surface area contributed by atoms with Gasteiger partial charge in [0, 0.05) is 19.4 Å². The number of benzene rings is 1. The molecule has 0 spiro atoms. The van der Waals surface area contributed by atoms with Crippen LogP contribution in [-0.4, -0.2) is 23.3 Å². The highest BCUT2D eigenvalue weighted by atomic mass is 16.2. The molecule has 1 heterocycles. The number of amides is 2. The fourth-order valence-electron chi connectivity index (χ4n) is 3.41. The number of carbonyl (C=O) groups excluding carboxylic acids is 2. The minimum Gasteiger partial charge on any atom is -0.282 e. The van der Waals surface area contributed by atoms with Crippen LogP contribution in [0.15, 0.2) is 30.3 Å². The molecule has 0 radical (unpaired) electrons. The van der Waals surface area contributed by atoms with Crippen LogP contribution in [0.4, 0.5) is 0 Å². The number of piperidine rings is 1. The molecule has 1 aliphatic heterocycles. The van der Waals surface area contributed by atoms with Gasteiger partial charge in [0.1, 0.15) is 0 Å². The molecule has 2 amide bonds. The molecule has 126 valence electrons. The van der Waals surface area contributed by atoms with Gasteiger partial charge in [-0.3, -0.25) is 14.5 Å². The summed E-state index contributed by atoms with van der Waals surface area (Å²) in [6.07, 6.45) is 7.52. The normalized spacial score (nSPS) is 17.6. The van der Waals surface area contributed by atoms with Crippen molar-refractivity contribution in [3.63, 3.8) is 0 Å². The maximum absolute atomic E-state index is 12.4. The Morgan fingerprint density at radius 1 is 1.00 bits per heavy atom. The van der Waals surface area contributed by atoms with E-state index in [1.54, 1.807) is 0 Å². The lowest BCUT2D eigenvalue weighted by Gasteiger charge is -2.37. The van der Waals surface area contributed by atoms with Crippen LogP contribution >= 0.6 is 0 Å². The summed E-state index contributed by atoms with van der Waals surface area (Å²) in [6.45, 7) is 4.80. The number of unbranched alkanes of at least 4 members (excludes halogenated alkanes) is 3. The van der Waals surface area contributed by atoms with Crippen molar-refractivity contribution < 1.29 is 9.59 Å². The molecule has 1 fully saturated rings. The molecule has 1 aromatic rings. The zero-order chi connectivity index (χ0) is 16.7. The van der Waals surface area contributed by atoms with Crippen molar-refractivity contribution in [2.45, 2.75) is 65.2 Å². The van der Waals surface area contributed by atoms with E-state index >= 15 is 0 Å². The van der Waals surface area contributed by atoms with Gasteiger partial charge in [0.2, 0.25) is 11.8 Å². The van der Waals surface area contributed by atoms with E-state index in [1.165, 1.54) is 29.7 Å². The lowest BCUT2D eigenvalue weighted by atomic mass is 9.75. The maximum Gasteiger partial charge on any atom is 0.229 e. The molecule has 0 unspecified atom stereocenters. The Morgan fingerprint density at radius 2 is 1.65 bits per heavy atom. The molecule has 0 aromatic heterocycles. The predicted octanol–water partition coefficient (Wildman–Crippen LogP) is 4.35. The van der Waals surface area contributed by atoms with Gasteiger partial charge in [0.05, 0.1) is 0 Å². The number of nitrogens with zero attached hydrogens (tertiary/aromatic N) is 1.